The topological polar surface area (TPSA) is 26.3 Å². The summed E-state index contributed by atoms with van der Waals surface area (Å²) >= 11 is 1.55. The van der Waals surface area contributed by atoms with Crippen molar-refractivity contribution in [2.75, 3.05) is 0 Å². The third kappa shape index (κ3) is 3.98. The van der Waals surface area contributed by atoms with E-state index >= 15 is 0 Å². The summed E-state index contributed by atoms with van der Waals surface area (Å²) in [7, 11) is 0. The molecule has 2 aromatic rings. The first-order chi connectivity index (χ1) is 10.8. The van der Waals surface area contributed by atoms with Crippen molar-refractivity contribution in [2.45, 2.75) is 51.0 Å². The Balaban J connectivity index is 1.62. The minimum absolute atomic E-state index is 0.0822. The summed E-state index contributed by atoms with van der Waals surface area (Å²) in [4.78, 5) is 12.3. The van der Waals surface area contributed by atoms with Gasteiger partial charge < -0.3 is 4.74 Å². The van der Waals surface area contributed by atoms with Gasteiger partial charge in [0.1, 0.15) is 5.75 Å². The van der Waals surface area contributed by atoms with Crippen LogP contribution >= 0.6 is 11.3 Å². The van der Waals surface area contributed by atoms with Crippen LogP contribution in [0.1, 0.15) is 60.9 Å². The molecular formula is C19H22O2S. The Morgan fingerprint density at radius 1 is 0.909 bits per heavy atom. The fraction of sp³-hybridized carbons (Fsp3) is 0.421. The normalized spacial score (nSPS) is 16.7. The van der Waals surface area contributed by atoms with E-state index in [1.54, 1.807) is 11.3 Å². The molecule has 0 N–H and O–H groups in total. The molecule has 2 nitrogen and oxygen atoms in total. The van der Waals surface area contributed by atoms with Crippen molar-refractivity contribution in [3.63, 3.8) is 0 Å². The minimum Gasteiger partial charge on any atom is -0.490 e. The van der Waals surface area contributed by atoms with Crippen LogP contribution in [-0.2, 0) is 0 Å². The number of carbonyl (C=O) groups is 1. The first kappa shape index (κ1) is 15.3. The quantitative estimate of drug-likeness (QED) is 0.699. The molecular weight excluding hydrogens is 292 g/mol. The average molecular weight is 314 g/mol. The van der Waals surface area contributed by atoms with Crippen LogP contribution in [0.15, 0.2) is 41.1 Å². The number of ether oxygens (including phenoxy) is 1. The average Bonchev–Trinajstić information content (AvgIpc) is 3.04. The lowest BCUT2D eigenvalue weighted by Gasteiger charge is -2.21. The van der Waals surface area contributed by atoms with Crippen LogP contribution in [0.2, 0.25) is 0 Å². The first-order valence-electron chi connectivity index (χ1n) is 8.16. The van der Waals surface area contributed by atoms with E-state index in [0.717, 1.165) is 29.7 Å². The maximum absolute atomic E-state index is 12.3. The molecule has 0 unspecified atom stereocenters. The van der Waals surface area contributed by atoms with E-state index in [9.17, 15) is 4.79 Å². The van der Waals surface area contributed by atoms with Crippen molar-refractivity contribution in [3.8, 4) is 5.75 Å². The van der Waals surface area contributed by atoms with E-state index in [0.29, 0.717) is 6.10 Å². The molecule has 0 atom stereocenters. The molecule has 1 aliphatic rings. The van der Waals surface area contributed by atoms with E-state index in [1.165, 1.54) is 32.1 Å². The van der Waals surface area contributed by atoms with Gasteiger partial charge in [-0.25, -0.2) is 0 Å². The van der Waals surface area contributed by atoms with Crippen molar-refractivity contribution in [2.24, 2.45) is 0 Å². The maximum atomic E-state index is 12.3. The molecule has 1 aromatic carbocycles. The lowest BCUT2D eigenvalue weighted by molar-refractivity contribution is 0.103. The molecule has 116 valence electrons. The second-order valence-electron chi connectivity index (χ2n) is 5.95. The second-order valence-corrected chi connectivity index (χ2v) is 6.73. The second kappa shape index (κ2) is 7.59. The Hall–Kier alpha value is -1.61. The summed E-state index contributed by atoms with van der Waals surface area (Å²) in [5.74, 6) is 0.964. The van der Waals surface area contributed by atoms with Crippen LogP contribution < -0.4 is 4.74 Å². The smallest absolute Gasteiger partial charge is 0.193 e. The molecule has 0 spiro atoms. The highest BCUT2D eigenvalue weighted by atomic mass is 32.1. The van der Waals surface area contributed by atoms with Crippen LogP contribution in [0, 0.1) is 0 Å². The summed E-state index contributed by atoms with van der Waals surface area (Å²) < 4.78 is 6.11. The summed E-state index contributed by atoms with van der Waals surface area (Å²) in [6, 6.07) is 9.47. The zero-order chi connectivity index (χ0) is 15.2. The van der Waals surface area contributed by atoms with Crippen molar-refractivity contribution < 1.29 is 9.53 Å². The van der Waals surface area contributed by atoms with Gasteiger partial charge in [-0.2, -0.15) is 11.3 Å². The number of benzene rings is 1. The molecule has 0 radical (unpaired) electrons. The van der Waals surface area contributed by atoms with Gasteiger partial charge in [-0.3, -0.25) is 4.79 Å². The molecule has 1 fully saturated rings. The molecule has 0 saturated heterocycles. The zero-order valence-corrected chi connectivity index (χ0v) is 13.6. The van der Waals surface area contributed by atoms with Crippen molar-refractivity contribution >= 4 is 17.1 Å². The van der Waals surface area contributed by atoms with Gasteiger partial charge in [0.05, 0.1) is 6.10 Å². The largest absolute Gasteiger partial charge is 0.490 e. The van der Waals surface area contributed by atoms with E-state index in [-0.39, 0.29) is 5.78 Å². The maximum Gasteiger partial charge on any atom is 0.193 e. The SMILES string of the molecule is O=C(c1ccc(OC2CCCCCCC2)cc1)c1ccsc1. The van der Waals surface area contributed by atoms with Crippen LogP contribution in [-0.4, -0.2) is 11.9 Å². The molecule has 22 heavy (non-hydrogen) atoms. The summed E-state index contributed by atoms with van der Waals surface area (Å²) in [6.45, 7) is 0. The Morgan fingerprint density at radius 3 is 2.23 bits per heavy atom. The number of thiophene rings is 1. The number of ketones is 1. The highest BCUT2D eigenvalue weighted by molar-refractivity contribution is 7.08. The van der Waals surface area contributed by atoms with Crippen LogP contribution in [0.25, 0.3) is 0 Å². The molecule has 3 heteroatoms. The van der Waals surface area contributed by atoms with Gasteiger partial charge in [-0.1, -0.05) is 19.3 Å². The number of carbonyl (C=O) groups excluding carboxylic acids is 1. The predicted molar refractivity (Wildman–Crippen MR) is 90.9 cm³/mol. The fourth-order valence-corrected chi connectivity index (χ4v) is 3.61. The summed E-state index contributed by atoms with van der Waals surface area (Å²) in [6.07, 6.45) is 9.18. The first-order valence-corrected chi connectivity index (χ1v) is 9.11. The molecule has 3 rings (SSSR count). The highest BCUT2D eigenvalue weighted by Crippen LogP contribution is 2.23. The number of hydrogen-bond acceptors (Lipinski definition) is 3. The standard InChI is InChI=1S/C19H22O2S/c20-19(16-12-13-22-14-16)15-8-10-18(11-9-15)21-17-6-4-2-1-3-5-7-17/h8-14,17H,1-7H2. The summed E-state index contributed by atoms with van der Waals surface area (Å²) in [5, 5.41) is 3.82. The van der Waals surface area contributed by atoms with Gasteiger partial charge in [0.25, 0.3) is 0 Å². The minimum atomic E-state index is 0.0822. The lowest BCUT2D eigenvalue weighted by Crippen LogP contribution is -2.17. The Morgan fingerprint density at radius 2 is 1.59 bits per heavy atom. The third-order valence-electron chi connectivity index (χ3n) is 4.25. The monoisotopic (exact) mass is 314 g/mol. The molecule has 1 aliphatic carbocycles. The van der Waals surface area contributed by atoms with Gasteiger partial charge in [0, 0.05) is 16.5 Å². The molecule has 0 bridgehead atoms. The van der Waals surface area contributed by atoms with Crippen LogP contribution in [0.5, 0.6) is 5.75 Å². The fourth-order valence-electron chi connectivity index (χ4n) is 2.97. The van der Waals surface area contributed by atoms with Gasteiger partial charge in [0.2, 0.25) is 0 Å². The number of rotatable bonds is 4. The predicted octanol–water partition coefficient (Wildman–Crippen LogP) is 5.47. The zero-order valence-electron chi connectivity index (χ0n) is 12.8. The van der Waals surface area contributed by atoms with Gasteiger partial charge in [-0.05, 0) is 61.4 Å². The lowest BCUT2D eigenvalue weighted by atomic mass is 9.98. The highest BCUT2D eigenvalue weighted by Gasteiger charge is 2.14. The van der Waals surface area contributed by atoms with Crippen LogP contribution in [0.3, 0.4) is 0 Å². The molecule has 1 aromatic heterocycles. The Kier molecular flexibility index (Phi) is 5.28. The van der Waals surface area contributed by atoms with Gasteiger partial charge in [-0.15, -0.1) is 0 Å². The molecule has 1 heterocycles. The van der Waals surface area contributed by atoms with E-state index in [1.807, 2.05) is 41.1 Å². The Bertz CT molecular complexity index is 578. The Labute approximate surface area is 136 Å². The van der Waals surface area contributed by atoms with Crippen molar-refractivity contribution in [1.29, 1.82) is 0 Å². The van der Waals surface area contributed by atoms with E-state index < -0.39 is 0 Å². The van der Waals surface area contributed by atoms with E-state index in [4.69, 9.17) is 4.74 Å². The number of hydrogen-bond donors (Lipinski definition) is 0. The van der Waals surface area contributed by atoms with Crippen molar-refractivity contribution in [3.05, 3.63) is 52.2 Å². The molecule has 0 aliphatic heterocycles. The van der Waals surface area contributed by atoms with Gasteiger partial charge in [0.15, 0.2) is 5.78 Å². The molecule has 1 saturated carbocycles. The van der Waals surface area contributed by atoms with Crippen molar-refractivity contribution in [1.82, 2.24) is 0 Å². The molecule has 0 amide bonds. The van der Waals surface area contributed by atoms with Gasteiger partial charge >= 0.3 is 0 Å². The third-order valence-corrected chi connectivity index (χ3v) is 4.94. The van der Waals surface area contributed by atoms with E-state index in [2.05, 4.69) is 0 Å². The van der Waals surface area contributed by atoms with Crippen LogP contribution in [0.4, 0.5) is 0 Å². The summed E-state index contributed by atoms with van der Waals surface area (Å²) in [5.41, 5.74) is 1.49.